The Morgan fingerprint density at radius 3 is 2.45 bits per heavy atom. The molecule has 0 aliphatic carbocycles. The van der Waals surface area contributed by atoms with Gasteiger partial charge in [0.1, 0.15) is 18.6 Å². The van der Waals surface area contributed by atoms with Gasteiger partial charge in [0, 0.05) is 6.42 Å². The van der Waals surface area contributed by atoms with E-state index >= 15 is 0 Å². The Morgan fingerprint density at radius 1 is 1.09 bits per heavy atom. The Bertz CT molecular complexity index is 615. The van der Waals surface area contributed by atoms with E-state index in [1.54, 1.807) is 0 Å². The highest BCUT2D eigenvalue weighted by atomic mass is 16.5. The zero-order chi connectivity index (χ0) is 16.0. The van der Waals surface area contributed by atoms with Crippen molar-refractivity contribution >= 4 is 6.29 Å². The van der Waals surface area contributed by atoms with E-state index in [4.69, 9.17) is 4.74 Å². The number of benzene rings is 2. The van der Waals surface area contributed by atoms with Gasteiger partial charge in [-0.15, -0.1) is 0 Å². The summed E-state index contributed by atoms with van der Waals surface area (Å²) in [6.45, 7) is 7.00. The van der Waals surface area contributed by atoms with Crippen LogP contribution >= 0.6 is 0 Å². The minimum absolute atomic E-state index is 0.00360. The lowest BCUT2D eigenvalue weighted by Gasteiger charge is -2.25. The average Bonchev–Trinajstić information content (AvgIpc) is 2.52. The fraction of sp³-hybridized carbons (Fsp3) is 0.350. The van der Waals surface area contributed by atoms with Gasteiger partial charge in [-0.25, -0.2) is 0 Å². The van der Waals surface area contributed by atoms with Crippen molar-refractivity contribution in [3.05, 3.63) is 65.2 Å². The van der Waals surface area contributed by atoms with E-state index in [1.165, 1.54) is 5.56 Å². The molecule has 0 radical (unpaired) electrons. The SMILES string of the molecule is Cc1cc(C(C)(C)CCC=O)ccc1OCc1ccccc1. The molecule has 2 aromatic carbocycles. The van der Waals surface area contributed by atoms with Crippen LogP contribution < -0.4 is 4.74 Å². The first-order valence-corrected chi connectivity index (χ1v) is 7.74. The summed E-state index contributed by atoms with van der Waals surface area (Å²) in [4.78, 5) is 10.6. The molecule has 0 amide bonds. The van der Waals surface area contributed by atoms with Gasteiger partial charge in [0.2, 0.25) is 0 Å². The van der Waals surface area contributed by atoms with Gasteiger partial charge in [-0.05, 0) is 41.5 Å². The molecule has 0 N–H and O–H groups in total. The highest BCUT2D eigenvalue weighted by Gasteiger charge is 2.20. The van der Waals surface area contributed by atoms with Crippen LogP contribution in [-0.2, 0) is 16.8 Å². The summed E-state index contributed by atoms with van der Waals surface area (Å²) in [5.41, 5.74) is 3.55. The summed E-state index contributed by atoms with van der Waals surface area (Å²) in [5.74, 6) is 0.916. The molecule has 116 valence electrons. The predicted molar refractivity (Wildman–Crippen MR) is 90.3 cm³/mol. The molecule has 0 saturated carbocycles. The van der Waals surface area contributed by atoms with Crippen LogP contribution in [0.25, 0.3) is 0 Å². The summed E-state index contributed by atoms with van der Waals surface area (Å²) < 4.78 is 5.92. The topological polar surface area (TPSA) is 26.3 Å². The molecule has 0 heterocycles. The number of hydrogen-bond acceptors (Lipinski definition) is 2. The molecule has 0 unspecified atom stereocenters. The normalized spacial score (nSPS) is 11.2. The third kappa shape index (κ3) is 4.20. The van der Waals surface area contributed by atoms with E-state index < -0.39 is 0 Å². The number of carbonyl (C=O) groups is 1. The molecule has 0 bridgehead atoms. The Labute approximate surface area is 133 Å². The summed E-state index contributed by atoms with van der Waals surface area (Å²) in [5, 5.41) is 0. The zero-order valence-electron chi connectivity index (χ0n) is 13.6. The lowest BCUT2D eigenvalue weighted by Crippen LogP contribution is -2.17. The molecule has 2 rings (SSSR count). The van der Waals surface area contributed by atoms with Crippen LogP contribution in [0.3, 0.4) is 0 Å². The zero-order valence-corrected chi connectivity index (χ0v) is 13.6. The van der Waals surface area contributed by atoms with Crippen molar-refractivity contribution in [1.29, 1.82) is 0 Å². The van der Waals surface area contributed by atoms with Crippen LogP contribution in [0.15, 0.2) is 48.5 Å². The molecule has 22 heavy (non-hydrogen) atoms. The van der Waals surface area contributed by atoms with E-state index in [0.717, 1.165) is 29.6 Å². The molecule has 0 spiro atoms. The number of hydrogen-bond donors (Lipinski definition) is 0. The van der Waals surface area contributed by atoms with Crippen LogP contribution in [-0.4, -0.2) is 6.29 Å². The second-order valence-electron chi connectivity index (χ2n) is 6.34. The van der Waals surface area contributed by atoms with Crippen LogP contribution in [0, 0.1) is 6.92 Å². The highest BCUT2D eigenvalue weighted by Crippen LogP contribution is 2.31. The summed E-state index contributed by atoms with van der Waals surface area (Å²) in [7, 11) is 0. The quantitative estimate of drug-likeness (QED) is 0.684. The Hall–Kier alpha value is -2.09. The lowest BCUT2D eigenvalue weighted by atomic mass is 9.80. The van der Waals surface area contributed by atoms with Gasteiger partial charge in [0.05, 0.1) is 0 Å². The van der Waals surface area contributed by atoms with E-state index in [9.17, 15) is 4.79 Å². The average molecular weight is 296 g/mol. The number of aryl methyl sites for hydroxylation is 1. The van der Waals surface area contributed by atoms with Gasteiger partial charge >= 0.3 is 0 Å². The van der Waals surface area contributed by atoms with Crippen molar-refractivity contribution in [2.24, 2.45) is 0 Å². The Balaban J connectivity index is 2.07. The first-order valence-electron chi connectivity index (χ1n) is 7.74. The molecule has 2 aromatic rings. The monoisotopic (exact) mass is 296 g/mol. The van der Waals surface area contributed by atoms with Gasteiger partial charge in [-0.3, -0.25) is 0 Å². The van der Waals surface area contributed by atoms with Gasteiger partial charge in [0.25, 0.3) is 0 Å². The molecule has 0 aliphatic heterocycles. The van der Waals surface area contributed by atoms with Crippen LogP contribution in [0.5, 0.6) is 5.75 Å². The van der Waals surface area contributed by atoms with Crippen LogP contribution in [0.4, 0.5) is 0 Å². The maximum absolute atomic E-state index is 10.6. The number of carbonyl (C=O) groups excluding carboxylic acids is 1. The Morgan fingerprint density at radius 2 is 1.82 bits per heavy atom. The van der Waals surface area contributed by atoms with E-state index in [2.05, 4.69) is 45.0 Å². The maximum Gasteiger partial charge on any atom is 0.122 e. The van der Waals surface area contributed by atoms with Crippen LogP contribution in [0.2, 0.25) is 0 Å². The van der Waals surface area contributed by atoms with Crippen molar-refractivity contribution in [3.8, 4) is 5.75 Å². The first-order chi connectivity index (χ1) is 10.5. The number of rotatable bonds is 7. The third-order valence-electron chi connectivity index (χ3n) is 4.08. The second kappa shape index (κ2) is 7.26. The fourth-order valence-electron chi connectivity index (χ4n) is 2.53. The van der Waals surface area contributed by atoms with E-state index in [0.29, 0.717) is 13.0 Å². The molecule has 0 aromatic heterocycles. The van der Waals surface area contributed by atoms with E-state index in [-0.39, 0.29) is 5.41 Å². The van der Waals surface area contributed by atoms with Gasteiger partial charge in [0.15, 0.2) is 0 Å². The number of ether oxygens (including phenoxy) is 1. The molecule has 0 aliphatic rings. The smallest absolute Gasteiger partial charge is 0.122 e. The van der Waals surface area contributed by atoms with Gasteiger partial charge < -0.3 is 9.53 Å². The van der Waals surface area contributed by atoms with Crippen molar-refractivity contribution < 1.29 is 9.53 Å². The molecule has 0 fully saturated rings. The van der Waals surface area contributed by atoms with Crippen molar-refractivity contribution in [2.75, 3.05) is 0 Å². The molecule has 2 nitrogen and oxygen atoms in total. The summed E-state index contributed by atoms with van der Waals surface area (Å²) in [6, 6.07) is 16.5. The number of aldehydes is 1. The maximum atomic E-state index is 10.6. The van der Waals surface area contributed by atoms with Crippen LogP contribution in [0.1, 0.15) is 43.4 Å². The van der Waals surface area contributed by atoms with Crippen molar-refractivity contribution in [2.45, 2.75) is 45.6 Å². The van der Waals surface area contributed by atoms with E-state index in [1.807, 2.05) is 24.3 Å². The molecule has 0 saturated heterocycles. The minimum atomic E-state index is 0.00360. The largest absolute Gasteiger partial charge is 0.489 e. The minimum Gasteiger partial charge on any atom is -0.489 e. The Kier molecular flexibility index (Phi) is 5.37. The third-order valence-corrected chi connectivity index (χ3v) is 4.08. The van der Waals surface area contributed by atoms with Gasteiger partial charge in [-0.1, -0.05) is 56.3 Å². The fourth-order valence-corrected chi connectivity index (χ4v) is 2.53. The highest BCUT2D eigenvalue weighted by molar-refractivity contribution is 5.50. The van der Waals surface area contributed by atoms with Crippen molar-refractivity contribution in [3.63, 3.8) is 0 Å². The van der Waals surface area contributed by atoms with Gasteiger partial charge in [-0.2, -0.15) is 0 Å². The summed E-state index contributed by atoms with van der Waals surface area (Å²) in [6.07, 6.45) is 2.45. The lowest BCUT2D eigenvalue weighted by molar-refractivity contribution is -0.108. The predicted octanol–water partition coefficient (Wildman–Crippen LogP) is 4.83. The van der Waals surface area contributed by atoms with Crippen molar-refractivity contribution in [1.82, 2.24) is 0 Å². The molecular weight excluding hydrogens is 272 g/mol. The first kappa shape index (κ1) is 16.3. The second-order valence-corrected chi connectivity index (χ2v) is 6.34. The standard InChI is InChI=1S/C20H24O2/c1-16-14-18(20(2,3)12-7-13-21)10-11-19(16)22-15-17-8-5-4-6-9-17/h4-6,8-11,13-14H,7,12,15H2,1-3H3. The molecule has 2 heteroatoms. The molecule has 0 atom stereocenters. The summed E-state index contributed by atoms with van der Waals surface area (Å²) >= 11 is 0. The molecular formula is C20H24O2.